The number of fused-ring (bicyclic) bond motifs is 1. The van der Waals surface area contributed by atoms with Gasteiger partial charge in [-0.05, 0) is 66.0 Å². The standard InChI is InChI=1S/C19H17BrFNO3/c1-11-9-13-5-3-4-6-17(13)22(11)18(23)12(2)25-19(24)15-8-7-14(21)10-16(15)20/h3-8,10-12H,9H2,1-2H3/t11-,12-/m0/s1. The fourth-order valence-electron chi connectivity index (χ4n) is 3.03. The van der Waals surface area contributed by atoms with Crippen molar-refractivity contribution in [3.63, 3.8) is 0 Å². The first-order chi connectivity index (χ1) is 11.9. The molecule has 1 aliphatic heterocycles. The van der Waals surface area contributed by atoms with E-state index in [1.807, 2.05) is 31.2 Å². The predicted molar refractivity (Wildman–Crippen MR) is 96.1 cm³/mol. The Kier molecular flexibility index (Phi) is 4.90. The summed E-state index contributed by atoms with van der Waals surface area (Å²) in [5, 5.41) is 0. The van der Waals surface area contributed by atoms with Crippen molar-refractivity contribution in [3.8, 4) is 0 Å². The number of para-hydroxylation sites is 1. The van der Waals surface area contributed by atoms with E-state index in [2.05, 4.69) is 15.9 Å². The summed E-state index contributed by atoms with van der Waals surface area (Å²) >= 11 is 3.14. The zero-order valence-electron chi connectivity index (χ0n) is 13.8. The molecule has 0 saturated carbocycles. The topological polar surface area (TPSA) is 46.6 Å². The summed E-state index contributed by atoms with van der Waals surface area (Å²) in [6.45, 7) is 3.51. The van der Waals surface area contributed by atoms with Crippen LogP contribution in [-0.4, -0.2) is 24.0 Å². The lowest BCUT2D eigenvalue weighted by Gasteiger charge is -2.26. The van der Waals surface area contributed by atoms with E-state index < -0.39 is 17.9 Å². The molecule has 1 amide bonds. The van der Waals surface area contributed by atoms with E-state index in [1.165, 1.54) is 18.2 Å². The van der Waals surface area contributed by atoms with Crippen molar-refractivity contribution in [1.82, 2.24) is 0 Å². The number of nitrogens with zero attached hydrogens (tertiary/aromatic N) is 1. The average molecular weight is 406 g/mol. The minimum absolute atomic E-state index is 0.00334. The van der Waals surface area contributed by atoms with E-state index in [0.29, 0.717) is 0 Å². The second kappa shape index (κ2) is 6.96. The molecular weight excluding hydrogens is 389 g/mol. The molecule has 6 heteroatoms. The molecule has 25 heavy (non-hydrogen) atoms. The van der Waals surface area contributed by atoms with Gasteiger partial charge in [0.1, 0.15) is 5.82 Å². The number of carbonyl (C=O) groups is 2. The Hall–Kier alpha value is -2.21. The highest BCUT2D eigenvalue weighted by atomic mass is 79.9. The van der Waals surface area contributed by atoms with Crippen LogP contribution in [0.3, 0.4) is 0 Å². The van der Waals surface area contributed by atoms with Gasteiger partial charge >= 0.3 is 5.97 Å². The highest BCUT2D eigenvalue weighted by Gasteiger charge is 2.34. The maximum atomic E-state index is 13.1. The van der Waals surface area contributed by atoms with E-state index in [1.54, 1.807) is 11.8 Å². The number of benzene rings is 2. The van der Waals surface area contributed by atoms with Gasteiger partial charge in [-0.3, -0.25) is 4.79 Å². The summed E-state index contributed by atoms with van der Waals surface area (Å²) < 4.78 is 18.7. The fourth-order valence-corrected chi connectivity index (χ4v) is 3.54. The molecule has 1 aliphatic rings. The number of hydrogen-bond donors (Lipinski definition) is 0. The number of rotatable bonds is 3. The van der Waals surface area contributed by atoms with Crippen LogP contribution in [0.4, 0.5) is 10.1 Å². The van der Waals surface area contributed by atoms with Gasteiger partial charge in [-0.2, -0.15) is 0 Å². The van der Waals surface area contributed by atoms with E-state index in [4.69, 9.17) is 4.74 Å². The lowest BCUT2D eigenvalue weighted by atomic mass is 10.1. The Morgan fingerprint density at radius 2 is 2.00 bits per heavy atom. The van der Waals surface area contributed by atoms with Crippen molar-refractivity contribution >= 4 is 33.5 Å². The number of hydrogen-bond acceptors (Lipinski definition) is 3. The smallest absolute Gasteiger partial charge is 0.340 e. The summed E-state index contributed by atoms with van der Waals surface area (Å²) in [4.78, 5) is 26.8. The molecule has 1 heterocycles. The molecule has 3 rings (SSSR count). The maximum Gasteiger partial charge on any atom is 0.340 e. The highest BCUT2D eigenvalue weighted by Crippen LogP contribution is 2.32. The molecule has 0 radical (unpaired) electrons. The summed E-state index contributed by atoms with van der Waals surface area (Å²) in [5.41, 5.74) is 2.13. The third kappa shape index (κ3) is 3.44. The number of carbonyl (C=O) groups excluding carboxylic acids is 2. The first-order valence-electron chi connectivity index (χ1n) is 7.95. The van der Waals surface area contributed by atoms with Gasteiger partial charge in [-0.1, -0.05) is 18.2 Å². The average Bonchev–Trinajstić information content (AvgIpc) is 2.89. The van der Waals surface area contributed by atoms with Crippen LogP contribution in [0.25, 0.3) is 0 Å². The van der Waals surface area contributed by atoms with Gasteiger partial charge in [-0.25, -0.2) is 9.18 Å². The molecule has 0 aromatic heterocycles. The summed E-state index contributed by atoms with van der Waals surface area (Å²) in [5.74, 6) is -1.41. The minimum Gasteiger partial charge on any atom is -0.449 e. The first-order valence-corrected chi connectivity index (χ1v) is 8.75. The normalized spacial score (nSPS) is 17.1. The van der Waals surface area contributed by atoms with Gasteiger partial charge in [-0.15, -0.1) is 0 Å². The fraction of sp³-hybridized carbons (Fsp3) is 0.263. The number of halogens is 2. The molecule has 2 aromatic rings. The number of anilines is 1. The number of amides is 1. The summed E-state index contributed by atoms with van der Waals surface area (Å²) in [6, 6.07) is 11.4. The molecule has 0 fully saturated rings. The van der Waals surface area contributed by atoms with Gasteiger partial charge in [0.05, 0.1) is 5.56 Å². The van der Waals surface area contributed by atoms with Gasteiger partial charge in [0.25, 0.3) is 5.91 Å². The quantitative estimate of drug-likeness (QED) is 0.721. The monoisotopic (exact) mass is 405 g/mol. The second-order valence-electron chi connectivity index (χ2n) is 6.06. The summed E-state index contributed by atoms with van der Waals surface area (Å²) in [7, 11) is 0. The SMILES string of the molecule is C[C@H](OC(=O)c1ccc(F)cc1Br)C(=O)N1c2ccccc2C[C@@H]1C. The van der Waals surface area contributed by atoms with Crippen molar-refractivity contribution in [2.24, 2.45) is 0 Å². The van der Waals surface area contributed by atoms with Crippen LogP contribution >= 0.6 is 15.9 Å². The zero-order chi connectivity index (χ0) is 18.1. The number of esters is 1. The van der Waals surface area contributed by atoms with Gasteiger partial charge in [0, 0.05) is 16.2 Å². The molecule has 0 unspecified atom stereocenters. The van der Waals surface area contributed by atoms with Crippen LogP contribution in [0.2, 0.25) is 0 Å². The van der Waals surface area contributed by atoms with Crippen LogP contribution in [0.15, 0.2) is 46.9 Å². The first kappa shape index (κ1) is 17.6. The third-order valence-corrected chi connectivity index (χ3v) is 4.88. The lowest BCUT2D eigenvalue weighted by Crippen LogP contribution is -2.43. The largest absolute Gasteiger partial charge is 0.449 e. The molecule has 2 aromatic carbocycles. The Labute approximate surface area is 153 Å². The van der Waals surface area contributed by atoms with E-state index >= 15 is 0 Å². The molecule has 0 N–H and O–H groups in total. The molecule has 130 valence electrons. The van der Waals surface area contributed by atoms with Crippen LogP contribution < -0.4 is 4.90 Å². The van der Waals surface area contributed by atoms with Crippen LogP contribution in [0, 0.1) is 5.82 Å². The van der Waals surface area contributed by atoms with Gasteiger partial charge in [0.2, 0.25) is 0 Å². The van der Waals surface area contributed by atoms with Gasteiger partial charge < -0.3 is 9.64 Å². The number of ether oxygens (including phenoxy) is 1. The van der Waals surface area contributed by atoms with Crippen molar-refractivity contribution in [3.05, 3.63) is 63.9 Å². The van der Waals surface area contributed by atoms with Crippen LogP contribution in [0.1, 0.15) is 29.8 Å². The Morgan fingerprint density at radius 3 is 2.72 bits per heavy atom. The zero-order valence-corrected chi connectivity index (χ0v) is 15.4. The second-order valence-corrected chi connectivity index (χ2v) is 6.92. The maximum absolute atomic E-state index is 13.1. The minimum atomic E-state index is -0.946. The van der Waals surface area contributed by atoms with Gasteiger partial charge in [0.15, 0.2) is 6.10 Å². The van der Waals surface area contributed by atoms with Crippen molar-refractivity contribution in [2.75, 3.05) is 4.90 Å². The molecule has 0 bridgehead atoms. The predicted octanol–water partition coefficient (Wildman–Crippen LogP) is 4.11. The molecule has 0 aliphatic carbocycles. The molecule has 2 atom stereocenters. The van der Waals surface area contributed by atoms with Crippen molar-refractivity contribution < 1.29 is 18.7 Å². The van der Waals surface area contributed by atoms with Crippen molar-refractivity contribution in [2.45, 2.75) is 32.4 Å². The van der Waals surface area contributed by atoms with Crippen molar-refractivity contribution in [1.29, 1.82) is 0 Å². The highest BCUT2D eigenvalue weighted by molar-refractivity contribution is 9.10. The molecule has 4 nitrogen and oxygen atoms in total. The molecule has 0 spiro atoms. The van der Waals surface area contributed by atoms with Crippen LogP contribution in [0.5, 0.6) is 0 Å². The van der Waals surface area contributed by atoms with E-state index in [-0.39, 0.29) is 22.0 Å². The molecular formula is C19H17BrFNO3. The van der Waals surface area contributed by atoms with E-state index in [0.717, 1.165) is 17.7 Å². The Balaban J connectivity index is 1.76. The van der Waals surface area contributed by atoms with E-state index in [9.17, 15) is 14.0 Å². The Bertz CT molecular complexity index is 839. The van der Waals surface area contributed by atoms with Crippen LogP contribution in [-0.2, 0) is 16.0 Å². The summed E-state index contributed by atoms with van der Waals surface area (Å²) in [6.07, 6.45) is -0.176. The third-order valence-electron chi connectivity index (χ3n) is 4.23. The molecule has 0 saturated heterocycles. The lowest BCUT2D eigenvalue weighted by molar-refractivity contribution is -0.126. The Morgan fingerprint density at radius 1 is 1.28 bits per heavy atom.